The summed E-state index contributed by atoms with van der Waals surface area (Å²) in [5, 5.41) is 0. The fourth-order valence-corrected chi connectivity index (χ4v) is 3.43. The van der Waals surface area contributed by atoms with Crippen LogP contribution in [0.1, 0.15) is 6.42 Å². The number of sulfonamides is 1. The molecule has 0 aromatic heterocycles. The van der Waals surface area contributed by atoms with Crippen molar-refractivity contribution in [1.29, 1.82) is 0 Å². The zero-order valence-electron chi connectivity index (χ0n) is 9.76. The molecule has 1 aromatic rings. The Morgan fingerprint density at radius 2 is 2.12 bits per heavy atom. The monoisotopic (exact) mass is 255 g/mol. The van der Waals surface area contributed by atoms with Crippen LogP contribution in [0.2, 0.25) is 0 Å². The van der Waals surface area contributed by atoms with Crippen LogP contribution in [0.5, 0.6) is 0 Å². The molecule has 3 N–H and O–H groups in total. The minimum absolute atomic E-state index is 0.0235. The van der Waals surface area contributed by atoms with Crippen LogP contribution in [0.4, 0.5) is 5.69 Å². The quantitative estimate of drug-likeness (QED) is 0.759. The van der Waals surface area contributed by atoms with Gasteiger partial charge in [0, 0.05) is 12.6 Å². The number of likely N-dealkylation sites (N-methyl/N-ethyl adjacent to an activating group) is 1. The molecule has 0 saturated carbocycles. The molecule has 2 rings (SSSR count). The van der Waals surface area contributed by atoms with Crippen LogP contribution in [0.15, 0.2) is 29.2 Å². The number of anilines is 1. The van der Waals surface area contributed by atoms with Crippen molar-refractivity contribution in [2.75, 3.05) is 25.9 Å². The number of nitrogens with zero attached hydrogens (tertiary/aromatic N) is 1. The minimum Gasteiger partial charge on any atom is -0.398 e. The molecule has 0 amide bonds. The normalized spacial score (nSPS) is 21.8. The summed E-state index contributed by atoms with van der Waals surface area (Å²) in [4.78, 5) is 2.26. The number of para-hydroxylation sites is 1. The lowest BCUT2D eigenvalue weighted by atomic mass is 10.3. The Kier molecular flexibility index (Phi) is 3.37. The van der Waals surface area contributed by atoms with E-state index >= 15 is 0 Å². The van der Waals surface area contributed by atoms with E-state index in [0.717, 1.165) is 19.5 Å². The molecule has 5 nitrogen and oxygen atoms in total. The van der Waals surface area contributed by atoms with Crippen molar-refractivity contribution in [3.63, 3.8) is 0 Å². The Morgan fingerprint density at radius 3 is 2.71 bits per heavy atom. The second kappa shape index (κ2) is 4.64. The fraction of sp³-hybridized carbons (Fsp3) is 0.455. The van der Waals surface area contributed by atoms with E-state index in [9.17, 15) is 8.42 Å². The molecule has 1 fully saturated rings. The van der Waals surface area contributed by atoms with Gasteiger partial charge in [-0.15, -0.1) is 0 Å². The molecule has 0 radical (unpaired) electrons. The van der Waals surface area contributed by atoms with Crippen LogP contribution in [0.25, 0.3) is 0 Å². The molecule has 6 heteroatoms. The van der Waals surface area contributed by atoms with Gasteiger partial charge in [0.25, 0.3) is 0 Å². The third kappa shape index (κ3) is 2.77. The minimum atomic E-state index is -3.50. The number of nitrogens with one attached hydrogen (secondary N) is 1. The van der Waals surface area contributed by atoms with Gasteiger partial charge in [0.15, 0.2) is 0 Å². The van der Waals surface area contributed by atoms with Crippen LogP contribution in [-0.2, 0) is 10.0 Å². The Bertz CT molecular complexity index is 501. The van der Waals surface area contributed by atoms with E-state index in [1.54, 1.807) is 18.2 Å². The summed E-state index contributed by atoms with van der Waals surface area (Å²) in [6.45, 7) is 1.66. The molecule has 1 atom stereocenters. The molecule has 1 aromatic carbocycles. The lowest BCUT2D eigenvalue weighted by molar-refractivity contribution is 0.407. The summed E-state index contributed by atoms with van der Waals surface area (Å²) in [6.07, 6.45) is 0.836. The van der Waals surface area contributed by atoms with E-state index < -0.39 is 10.0 Å². The molecule has 1 aliphatic heterocycles. The molecule has 1 aliphatic rings. The van der Waals surface area contributed by atoms with Gasteiger partial charge in [0.05, 0.1) is 5.69 Å². The van der Waals surface area contributed by atoms with E-state index in [0.29, 0.717) is 0 Å². The van der Waals surface area contributed by atoms with Gasteiger partial charge < -0.3 is 10.6 Å². The molecule has 17 heavy (non-hydrogen) atoms. The third-order valence-corrected chi connectivity index (χ3v) is 4.52. The van der Waals surface area contributed by atoms with Crippen LogP contribution in [0.3, 0.4) is 0 Å². The lowest BCUT2D eigenvalue weighted by Gasteiger charge is -2.14. The SMILES string of the molecule is CN1CCC(NS(=O)(=O)c2ccccc2N)C1. The number of nitrogen functional groups attached to an aromatic ring is 1. The Hall–Kier alpha value is -1.11. The summed E-state index contributed by atoms with van der Waals surface area (Å²) < 4.78 is 26.9. The van der Waals surface area contributed by atoms with Gasteiger partial charge in [0.2, 0.25) is 10.0 Å². The van der Waals surface area contributed by atoms with Crippen LogP contribution in [0, 0.1) is 0 Å². The molecule has 1 saturated heterocycles. The maximum absolute atomic E-state index is 12.1. The Balaban J connectivity index is 2.17. The second-order valence-electron chi connectivity index (χ2n) is 4.41. The molecular weight excluding hydrogens is 238 g/mol. The summed E-state index contributed by atoms with van der Waals surface area (Å²) in [5.41, 5.74) is 5.96. The molecular formula is C11H17N3O2S. The number of nitrogens with two attached hydrogens (primary N) is 1. The van der Waals surface area contributed by atoms with Crippen molar-refractivity contribution >= 4 is 15.7 Å². The first-order chi connectivity index (χ1) is 7.99. The largest absolute Gasteiger partial charge is 0.398 e. The maximum atomic E-state index is 12.1. The lowest BCUT2D eigenvalue weighted by Crippen LogP contribution is -2.36. The van der Waals surface area contributed by atoms with Crippen molar-refractivity contribution in [1.82, 2.24) is 9.62 Å². The first kappa shape index (κ1) is 12.3. The van der Waals surface area contributed by atoms with Gasteiger partial charge in [-0.2, -0.15) is 0 Å². The highest BCUT2D eigenvalue weighted by Crippen LogP contribution is 2.18. The van der Waals surface area contributed by atoms with Crippen molar-refractivity contribution in [3.05, 3.63) is 24.3 Å². The predicted octanol–water partition coefficient (Wildman–Crippen LogP) is 0.251. The predicted molar refractivity (Wildman–Crippen MR) is 67.1 cm³/mol. The maximum Gasteiger partial charge on any atom is 0.242 e. The number of benzene rings is 1. The van der Waals surface area contributed by atoms with Crippen molar-refractivity contribution in [2.24, 2.45) is 0 Å². The molecule has 0 aliphatic carbocycles. The number of likely N-dealkylation sites (tertiary alicyclic amines) is 1. The van der Waals surface area contributed by atoms with Crippen LogP contribution >= 0.6 is 0 Å². The first-order valence-electron chi connectivity index (χ1n) is 5.54. The molecule has 0 spiro atoms. The number of hydrogen-bond acceptors (Lipinski definition) is 4. The second-order valence-corrected chi connectivity index (χ2v) is 6.09. The number of rotatable bonds is 3. The van der Waals surface area contributed by atoms with Crippen molar-refractivity contribution in [2.45, 2.75) is 17.4 Å². The zero-order valence-corrected chi connectivity index (χ0v) is 10.6. The highest BCUT2D eigenvalue weighted by molar-refractivity contribution is 7.89. The van der Waals surface area contributed by atoms with Gasteiger partial charge in [0.1, 0.15) is 4.90 Å². The fourth-order valence-electron chi connectivity index (χ4n) is 2.04. The smallest absolute Gasteiger partial charge is 0.242 e. The summed E-state index contributed by atoms with van der Waals surface area (Å²) in [7, 11) is -1.52. The zero-order chi connectivity index (χ0) is 12.5. The highest BCUT2D eigenvalue weighted by Gasteiger charge is 2.26. The van der Waals surface area contributed by atoms with Gasteiger partial charge in [-0.3, -0.25) is 0 Å². The van der Waals surface area contributed by atoms with Crippen LogP contribution in [-0.4, -0.2) is 39.5 Å². The Morgan fingerprint density at radius 1 is 1.41 bits per heavy atom. The van der Waals surface area contributed by atoms with E-state index in [1.165, 1.54) is 6.07 Å². The average molecular weight is 255 g/mol. The highest BCUT2D eigenvalue weighted by atomic mass is 32.2. The van der Waals surface area contributed by atoms with Gasteiger partial charge in [-0.25, -0.2) is 13.1 Å². The van der Waals surface area contributed by atoms with E-state index in [-0.39, 0.29) is 16.6 Å². The third-order valence-electron chi connectivity index (χ3n) is 2.92. The number of hydrogen-bond donors (Lipinski definition) is 2. The van der Waals surface area contributed by atoms with Gasteiger partial charge in [-0.05, 0) is 32.1 Å². The van der Waals surface area contributed by atoms with Crippen LogP contribution < -0.4 is 10.5 Å². The molecule has 1 heterocycles. The van der Waals surface area contributed by atoms with Gasteiger partial charge >= 0.3 is 0 Å². The van der Waals surface area contributed by atoms with E-state index in [1.807, 2.05) is 7.05 Å². The van der Waals surface area contributed by atoms with Crippen molar-refractivity contribution < 1.29 is 8.42 Å². The molecule has 1 unspecified atom stereocenters. The summed E-state index contributed by atoms with van der Waals surface area (Å²) in [6, 6.07) is 6.49. The standard InChI is InChI=1S/C11H17N3O2S/c1-14-7-6-9(8-14)13-17(15,16)11-5-3-2-4-10(11)12/h2-5,9,13H,6-8,12H2,1H3. The topological polar surface area (TPSA) is 75.4 Å². The average Bonchev–Trinajstić information content (AvgIpc) is 2.63. The van der Waals surface area contributed by atoms with Gasteiger partial charge in [-0.1, -0.05) is 12.1 Å². The van der Waals surface area contributed by atoms with E-state index in [4.69, 9.17) is 5.73 Å². The van der Waals surface area contributed by atoms with Crippen molar-refractivity contribution in [3.8, 4) is 0 Å². The van der Waals surface area contributed by atoms with E-state index in [2.05, 4.69) is 9.62 Å². The molecule has 0 bridgehead atoms. The summed E-state index contributed by atoms with van der Waals surface area (Å²) in [5.74, 6) is 0. The summed E-state index contributed by atoms with van der Waals surface area (Å²) >= 11 is 0. The first-order valence-corrected chi connectivity index (χ1v) is 7.03. The molecule has 94 valence electrons. The Labute approximate surface area is 102 Å².